The van der Waals surface area contributed by atoms with E-state index in [1.54, 1.807) is 44.2 Å². The number of hydrogen-bond acceptors (Lipinski definition) is 4. The van der Waals surface area contributed by atoms with Crippen molar-refractivity contribution in [3.8, 4) is 0 Å². The summed E-state index contributed by atoms with van der Waals surface area (Å²) in [4.78, 5) is 5.54. The SMILES string of the molecule is CN(C)c1c(Cl)cccc1NS(=O)(=O)c1ncn(C)c1Cl. The molecule has 0 unspecified atom stereocenters. The highest BCUT2D eigenvalue weighted by Gasteiger charge is 2.24. The molecule has 2 rings (SSSR count). The van der Waals surface area contributed by atoms with E-state index < -0.39 is 10.0 Å². The first-order chi connectivity index (χ1) is 9.74. The minimum atomic E-state index is -3.90. The normalized spacial score (nSPS) is 11.5. The summed E-state index contributed by atoms with van der Waals surface area (Å²) in [5.41, 5.74) is 0.920. The maximum Gasteiger partial charge on any atom is 0.282 e. The molecule has 9 heteroatoms. The summed E-state index contributed by atoms with van der Waals surface area (Å²) < 4.78 is 28.7. The highest BCUT2D eigenvalue weighted by atomic mass is 35.5. The van der Waals surface area contributed by atoms with Crippen LogP contribution in [0.4, 0.5) is 11.4 Å². The molecule has 0 saturated heterocycles. The lowest BCUT2D eigenvalue weighted by atomic mass is 10.2. The molecular formula is C12H14Cl2N4O2S. The molecule has 0 amide bonds. The molecule has 0 bridgehead atoms. The first kappa shape index (κ1) is 15.9. The van der Waals surface area contributed by atoms with Crippen LogP contribution in [-0.2, 0) is 17.1 Å². The van der Waals surface area contributed by atoms with Gasteiger partial charge in [0.25, 0.3) is 10.0 Å². The smallest absolute Gasteiger partial charge is 0.282 e. The van der Waals surface area contributed by atoms with Gasteiger partial charge < -0.3 is 9.47 Å². The second-order valence-electron chi connectivity index (χ2n) is 4.59. The second-order valence-corrected chi connectivity index (χ2v) is 6.95. The summed E-state index contributed by atoms with van der Waals surface area (Å²) in [6.45, 7) is 0. The van der Waals surface area contributed by atoms with E-state index in [9.17, 15) is 8.42 Å². The molecule has 0 aliphatic rings. The lowest BCUT2D eigenvalue weighted by molar-refractivity contribution is 0.598. The van der Waals surface area contributed by atoms with Crippen molar-refractivity contribution < 1.29 is 8.42 Å². The zero-order valence-corrected chi connectivity index (χ0v) is 14.0. The van der Waals surface area contributed by atoms with Crippen molar-refractivity contribution in [1.29, 1.82) is 0 Å². The van der Waals surface area contributed by atoms with E-state index in [-0.39, 0.29) is 10.2 Å². The molecule has 114 valence electrons. The lowest BCUT2D eigenvalue weighted by Gasteiger charge is -2.19. The average Bonchev–Trinajstić information content (AvgIpc) is 2.69. The third-order valence-electron chi connectivity index (χ3n) is 2.77. The molecule has 1 aromatic carbocycles. The molecule has 0 saturated carbocycles. The number of sulfonamides is 1. The Bertz CT molecular complexity index is 772. The number of imidazole rings is 1. The summed E-state index contributed by atoms with van der Waals surface area (Å²) in [5, 5.41) is 0.250. The number of aryl methyl sites for hydroxylation is 1. The molecule has 2 aromatic rings. The summed E-state index contributed by atoms with van der Waals surface area (Å²) in [6, 6.07) is 4.96. The molecule has 0 atom stereocenters. The van der Waals surface area contributed by atoms with E-state index in [4.69, 9.17) is 23.2 Å². The Labute approximate surface area is 133 Å². The summed E-state index contributed by atoms with van der Waals surface area (Å²) >= 11 is 12.1. The molecule has 1 aromatic heterocycles. The van der Waals surface area contributed by atoms with Gasteiger partial charge in [-0.15, -0.1) is 0 Å². The van der Waals surface area contributed by atoms with Crippen molar-refractivity contribution >= 4 is 44.6 Å². The van der Waals surface area contributed by atoms with Gasteiger partial charge in [-0.25, -0.2) is 4.98 Å². The Hall–Kier alpha value is -1.44. The van der Waals surface area contributed by atoms with E-state index >= 15 is 0 Å². The Balaban J connectivity index is 2.47. The maximum atomic E-state index is 12.4. The van der Waals surface area contributed by atoms with Crippen molar-refractivity contribution in [2.75, 3.05) is 23.7 Å². The molecule has 0 radical (unpaired) electrons. The topological polar surface area (TPSA) is 67.2 Å². The quantitative estimate of drug-likeness (QED) is 0.921. The van der Waals surface area contributed by atoms with Crippen molar-refractivity contribution in [1.82, 2.24) is 9.55 Å². The van der Waals surface area contributed by atoms with E-state index in [1.807, 2.05) is 0 Å². The van der Waals surface area contributed by atoms with Gasteiger partial charge in [0.2, 0.25) is 5.03 Å². The standard InChI is InChI=1S/C12H14Cl2N4O2S/c1-17(2)10-8(13)5-4-6-9(10)16-21(19,20)12-11(14)18(3)7-15-12/h4-7,16H,1-3H3. The van der Waals surface area contributed by atoms with E-state index in [0.717, 1.165) is 0 Å². The molecular weight excluding hydrogens is 335 g/mol. The molecule has 0 aliphatic carbocycles. The van der Waals surface area contributed by atoms with E-state index in [1.165, 1.54) is 10.9 Å². The summed E-state index contributed by atoms with van der Waals surface area (Å²) in [6.07, 6.45) is 1.34. The number of para-hydroxylation sites is 1. The Morgan fingerprint density at radius 3 is 2.48 bits per heavy atom. The van der Waals surface area contributed by atoms with Crippen molar-refractivity contribution in [2.45, 2.75) is 5.03 Å². The van der Waals surface area contributed by atoms with Crippen LogP contribution in [0.3, 0.4) is 0 Å². The number of benzene rings is 1. The van der Waals surface area contributed by atoms with Gasteiger partial charge in [-0.2, -0.15) is 8.42 Å². The van der Waals surface area contributed by atoms with Gasteiger partial charge in [-0.05, 0) is 12.1 Å². The van der Waals surface area contributed by atoms with Crippen LogP contribution >= 0.6 is 23.2 Å². The van der Waals surface area contributed by atoms with Crippen molar-refractivity contribution in [3.05, 3.63) is 34.7 Å². The first-order valence-electron chi connectivity index (χ1n) is 5.89. The number of anilines is 2. The zero-order chi connectivity index (χ0) is 15.8. The number of hydrogen-bond donors (Lipinski definition) is 1. The maximum absolute atomic E-state index is 12.4. The van der Waals surface area contributed by atoms with Gasteiger partial charge in [0, 0.05) is 21.1 Å². The van der Waals surface area contributed by atoms with Crippen molar-refractivity contribution in [3.63, 3.8) is 0 Å². The fourth-order valence-electron chi connectivity index (χ4n) is 1.82. The average molecular weight is 349 g/mol. The van der Waals surface area contributed by atoms with Gasteiger partial charge in [0.15, 0.2) is 0 Å². The molecule has 0 spiro atoms. The predicted molar refractivity (Wildman–Crippen MR) is 84.8 cm³/mol. The number of nitrogens with zero attached hydrogens (tertiary/aromatic N) is 3. The highest BCUT2D eigenvalue weighted by Crippen LogP contribution is 2.34. The summed E-state index contributed by atoms with van der Waals surface area (Å²) in [5.74, 6) is 0. The predicted octanol–water partition coefficient (Wildman–Crippen LogP) is 2.59. The van der Waals surface area contributed by atoms with Crippen LogP contribution in [0.2, 0.25) is 10.2 Å². The molecule has 1 heterocycles. The summed E-state index contributed by atoms with van der Waals surface area (Å²) in [7, 11) is 1.26. The lowest BCUT2D eigenvalue weighted by Crippen LogP contribution is -2.18. The second kappa shape index (κ2) is 5.75. The number of rotatable bonds is 4. The van der Waals surface area contributed by atoms with Crippen LogP contribution in [0.5, 0.6) is 0 Å². The number of nitrogens with one attached hydrogen (secondary N) is 1. The molecule has 0 fully saturated rings. The molecule has 21 heavy (non-hydrogen) atoms. The third-order valence-corrected chi connectivity index (χ3v) is 4.93. The zero-order valence-electron chi connectivity index (χ0n) is 11.6. The molecule has 1 N–H and O–H groups in total. The minimum absolute atomic E-state index is 0.0379. The fourth-order valence-corrected chi connectivity index (χ4v) is 3.66. The highest BCUT2D eigenvalue weighted by molar-refractivity contribution is 7.92. The minimum Gasteiger partial charge on any atom is -0.375 e. The number of aromatic nitrogens is 2. The first-order valence-corrected chi connectivity index (χ1v) is 8.13. The van der Waals surface area contributed by atoms with E-state index in [2.05, 4.69) is 9.71 Å². The van der Waals surface area contributed by atoms with Crippen LogP contribution in [0.1, 0.15) is 0 Å². The van der Waals surface area contributed by atoms with Crippen LogP contribution < -0.4 is 9.62 Å². The Kier molecular flexibility index (Phi) is 4.36. The van der Waals surface area contributed by atoms with Gasteiger partial charge >= 0.3 is 0 Å². The molecule has 0 aliphatic heterocycles. The van der Waals surface area contributed by atoms with Gasteiger partial charge in [-0.3, -0.25) is 4.72 Å². The Morgan fingerprint density at radius 1 is 1.29 bits per heavy atom. The largest absolute Gasteiger partial charge is 0.375 e. The van der Waals surface area contributed by atoms with E-state index in [0.29, 0.717) is 16.4 Å². The van der Waals surface area contributed by atoms with Gasteiger partial charge in [-0.1, -0.05) is 29.3 Å². The van der Waals surface area contributed by atoms with Crippen LogP contribution in [0, 0.1) is 0 Å². The van der Waals surface area contributed by atoms with Crippen LogP contribution in [-0.4, -0.2) is 32.1 Å². The third kappa shape index (κ3) is 3.09. The van der Waals surface area contributed by atoms with Crippen LogP contribution in [0.15, 0.2) is 29.6 Å². The Morgan fingerprint density at radius 2 is 1.95 bits per heavy atom. The molecule has 6 nitrogen and oxygen atoms in total. The monoisotopic (exact) mass is 348 g/mol. The number of halogens is 2. The van der Waals surface area contributed by atoms with Gasteiger partial charge in [0.05, 0.1) is 22.7 Å². The van der Waals surface area contributed by atoms with Gasteiger partial charge in [0.1, 0.15) is 5.15 Å². The van der Waals surface area contributed by atoms with Crippen molar-refractivity contribution in [2.24, 2.45) is 7.05 Å². The van der Waals surface area contributed by atoms with Crippen LogP contribution in [0.25, 0.3) is 0 Å². The fraction of sp³-hybridized carbons (Fsp3) is 0.250.